The molecular weight excluding hydrogens is 237 g/mol. The van der Waals surface area contributed by atoms with Crippen molar-refractivity contribution in [2.75, 3.05) is 26.2 Å². The van der Waals surface area contributed by atoms with Crippen LogP contribution in [-0.2, 0) is 4.79 Å². The van der Waals surface area contributed by atoms with Crippen LogP contribution in [-0.4, -0.2) is 53.9 Å². The van der Waals surface area contributed by atoms with Crippen LogP contribution in [0.15, 0.2) is 0 Å². The molecule has 0 spiro atoms. The summed E-state index contributed by atoms with van der Waals surface area (Å²) in [5.74, 6) is -0.408. The maximum atomic E-state index is 11.8. The Labute approximate surface area is 97.8 Å². The highest BCUT2D eigenvalue weighted by molar-refractivity contribution is 5.78. The number of amides is 1. The van der Waals surface area contributed by atoms with E-state index in [0.29, 0.717) is 19.4 Å². The monoisotopic (exact) mass is 254 g/mol. The second-order valence-electron chi connectivity index (χ2n) is 4.63. The molecule has 1 heterocycles. The first-order chi connectivity index (χ1) is 7.70. The summed E-state index contributed by atoms with van der Waals surface area (Å²) in [5, 5.41) is 11.8. The summed E-state index contributed by atoms with van der Waals surface area (Å²) in [6, 6.07) is 0. The van der Waals surface area contributed by atoms with E-state index in [9.17, 15) is 23.1 Å². The number of nitrogens with zero attached hydrogens (tertiary/aromatic N) is 1. The molecule has 0 saturated carbocycles. The first-order valence-electron chi connectivity index (χ1n) is 5.47. The highest BCUT2D eigenvalue weighted by Gasteiger charge is 2.31. The number of alkyl halides is 3. The molecule has 2 N–H and O–H groups in total. The fourth-order valence-corrected chi connectivity index (χ4v) is 1.86. The molecule has 7 heteroatoms. The molecule has 0 aliphatic carbocycles. The number of rotatable bonds is 3. The number of nitrogens with one attached hydrogen (secondary N) is 1. The van der Waals surface area contributed by atoms with E-state index in [4.69, 9.17) is 0 Å². The lowest BCUT2D eigenvalue weighted by atomic mass is 9.95. The topological polar surface area (TPSA) is 52.6 Å². The van der Waals surface area contributed by atoms with Crippen molar-refractivity contribution >= 4 is 5.91 Å². The molecule has 1 rings (SSSR count). The largest absolute Gasteiger partial charge is 0.401 e. The van der Waals surface area contributed by atoms with Gasteiger partial charge in [-0.2, -0.15) is 13.2 Å². The van der Waals surface area contributed by atoms with Crippen LogP contribution in [0.4, 0.5) is 13.2 Å². The number of carbonyl (C=O) groups is 1. The van der Waals surface area contributed by atoms with Crippen LogP contribution in [0.25, 0.3) is 0 Å². The Kier molecular flexibility index (Phi) is 4.37. The zero-order chi connectivity index (χ0) is 13.1. The molecule has 4 nitrogen and oxygen atoms in total. The maximum absolute atomic E-state index is 11.8. The zero-order valence-corrected chi connectivity index (χ0v) is 9.68. The molecule has 0 bridgehead atoms. The van der Waals surface area contributed by atoms with Crippen LogP contribution in [0.2, 0.25) is 0 Å². The average molecular weight is 254 g/mol. The number of carbonyl (C=O) groups excluding carboxylic acids is 1. The normalized spacial score (nSPS) is 26.1. The molecule has 0 aromatic heterocycles. The zero-order valence-electron chi connectivity index (χ0n) is 9.68. The fraction of sp³-hybridized carbons (Fsp3) is 0.900. The average Bonchev–Trinajstić information content (AvgIpc) is 2.13. The van der Waals surface area contributed by atoms with E-state index in [0.717, 1.165) is 0 Å². The van der Waals surface area contributed by atoms with Gasteiger partial charge in [0.25, 0.3) is 0 Å². The number of β-amino-alcohol motifs (C(OH)–C–C–N with tert-alkyl or cyclic N) is 1. The van der Waals surface area contributed by atoms with Gasteiger partial charge in [0, 0.05) is 13.1 Å². The quantitative estimate of drug-likeness (QED) is 0.771. The van der Waals surface area contributed by atoms with Crippen LogP contribution in [0, 0.1) is 0 Å². The van der Waals surface area contributed by atoms with Crippen molar-refractivity contribution in [2.24, 2.45) is 0 Å². The van der Waals surface area contributed by atoms with Gasteiger partial charge in [-0.15, -0.1) is 0 Å². The summed E-state index contributed by atoms with van der Waals surface area (Å²) in [7, 11) is 0. The standard InChI is InChI=1S/C10H17F3N2O2/c1-9(17)3-2-4-15(7-9)8(16)5-14-6-10(11,12)13/h14,17H,2-7H2,1H3. The smallest absolute Gasteiger partial charge is 0.388 e. The van der Waals surface area contributed by atoms with Gasteiger partial charge >= 0.3 is 6.18 Å². The fourth-order valence-electron chi connectivity index (χ4n) is 1.86. The van der Waals surface area contributed by atoms with Crippen molar-refractivity contribution in [3.05, 3.63) is 0 Å². The Hall–Kier alpha value is -0.820. The summed E-state index contributed by atoms with van der Waals surface area (Å²) in [5.41, 5.74) is -0.933. The summed E-state index contributed by atoms with van der Waals surface area (Å²) >= 11 is 0. The van der Waals surface area contributed by atoms with Crippen LogP contribution in [0.1, 0.15) is 19.8 Å². The van der Waals surface area contributed by atoms with Crippen molar-refractivity contribution in [1.29, 1.82) is 0 Å². The highest BCUT2D eigenvalue weighted by Crippen LogP contribution is 2.20. The van der Waals surface area contributed by atoms with Gasteiger partial charge in [-0.3, -0.25) is 4.79 Å². The molecule has 1 amide bonds. The van der Waals surface area contributed by atoms with Crippen molar-refractivity contribution in [1.82, 2.24) is 10.2 Å². The van der Waals surface area contributed by atoms with Gasteiger partial charge in [0.15, 0.2) is 0 Å². The second kappa shape index (κ2) is 5.22. The molecular formula is C10H17F3N2O2. The number of hydrogen-bond acceptors (Lipinski definition) is 3. The number of hydrogen-bond donors (Lipinski definition) is 2. The molecule has 1 aliphatic rings. The molecule has 0 aromatic rings. The predicted molar refractivity (Wildman–Crippen MR) is 55.4 cm³/mol. The minimum absolute atomic E-state index is 0.180. The maximum Gasteiger partial charge on any atom is 0.401 e. The third kappa shape index (κ3) is 5.36. The minimum atomic E-state index is -4.31. The molecule has 1 saturated heterocycles. The summed E-state index contributed by atoms with van der Waals surface area (Å²) < 4.78 is 35.5. The van der Waals surface area contributed by atoms with Crippen LogP contribution >= 0.6 is 0 Å². The van der Waals surface area contributed by atoms with E-state index < -0.39 is 24.2 Å². The second-order valence-corrected chi connectivity index (χ2v) is 4.63. The molecule has 1 unspecified atom stereocenters. The van der Waals surface area contributed by atoms with E-state index in [1.165, 1.54) is 4.90 Å². The third-order valence-electron chi connectivity index (χ3n) is 2.63. The predicted octanol–water partition coefficient (Wildman–Crippen LogP) is 0.512. The Balaban J connectivity index is 2.33. The Bertz CT molecular complexity index is 279. The van der Waals surface area contributed by atoms with Crippen molar-refractivity contribution in [2.45, 2.75) is 31.5 Å². The van der Waals surface area contributed by atoms with Gasteiger partial charge in [0.05, 0.1) is 18.7 Å². The van der Waals surface area contributed by atoms with Crippen LogP contribution in [0.3, 0.4) is 0 Å². The molecule has 1 fully saturated rings. The minimum Gasteiger partial charge on any atom is -0.388 e. The van der Waals surface area contributed by atoms with Gasteiger partial charge in [0.2, 0.25) is 5.91 Å². The first kappa shape index (κ1) is 14.2. The third-order valence-corrected chi connectivity index (χ3v) is 2.63. The highest BCUT2D eigenvalue weighted by atomic mass is 19.4. The molecule has 1 aliphatic heterocycles. The lowest BCUT2D eigenvalue weighted by molar-refractivity contribution is -0.139. The van der Waals surface area contributed by atoms with Gasteiger partial charge < -0.3 is 15.3 Å². The SMILES string of the molecule is CC1(O)CCCN(C(=O)CNCC(F)(F)F)C1. The number of likely N-dealkylation sites (tertiary alicyclic amines) is 1. The van der Waals surface area contributed by atoms with Crippen LogP contribution < -0.4 is 5.32 Å². The Morgan fingerprint density at radius 2 is 2.18 bits per heavy atom. The molecule has 1 atom stereocenters. The van der Waals surface area contributed by atoms with Crippen molar-refractivity contribution in [3.63, 3.8) is 0 Å². The van der Waals surface area contributed by atoms with E-state index >= 15 is 0 Å². The number of halogens is 3. The van der Waals surface area contributed by atoms with Gasteiger partial charge in [0.1, 0.15) is 0 Å². The Morgan fingerprint density at radius 3 is 2.71 bits per heavy atom. The molecule has 17 heavy (non-hydrogen) atoms. The van der Waals surface area contributed by atoms with Crippen molar-refractivity contribution < 1.29 is 23.1 Å². The number of aliphatic hydroxyl groups is 1. The summed E-state index contributed by atoms with van der Waals surface area (Å²) in [6.07, 6.45) is -3.04. The molecule has 0 radical (unpaired) electrons. The van der Waals surface area contributed by atoms with E-state index in [-0.39, 0.29) is 13.1 Å². The van der Waals surface area contributed by atoms with E-state index in [1.54, 1.807) is 6.92 Å². The Morgan fingerprint density at radius 1 is 1.53 bits per heavy atom. The van der Waals surface area contributed by atoms with Gasteiger partial charge in [-0.1, -0.05) is 0 Å². The van der Waals surface area contributed by atoms with Crippen LogP contribution in [0.5, 0.6) is 0 Å². The summed E-state index contributed by atoms with van der Waals surface area (Å²) in [6.45, 7) is 0.760. The molecule has 100 valence electrons. The lowest BCUT2D eigenvalue weighted by Gasteiger charge is -2.36. The van der Waals surface area contributed by atoms with Gasteiger partial charge in [-0.25, -0.2) is 0 Å². The van der Waals surface area contributed by atoms with Crippen molar-refractivity contribution in [3.8, 4) is 0 Å². The first-order valence-corrected chi connectivity index (χ1v) is 5.47. The van der Waals surface area contributed by atoms with E-state index in [2.05, 4.69) is 5.32 Å². The van der Waals surface area contributed by atoms with E-state index in [1.807, 2.05) is 0 Å². The molecule has 0 aromatic carbocycles. The summed E-state index contributed by atoms with van der Waals surface area (Å²) in [4.78, 5) is 13.0. The number of piperidine rings is 1. The lowest BCUT2D eigenvalue weighted by Crippen LogP contribution is -2.51. The van der Waals surface area contributed by atoms with Gasteiger partial charge in [-0.05, 0) is 19.8 Å².